The summed E-state index contributed by atoms with van der Waals surface area (Å²) < 4.78 is 31.6. The van der Waals surface area contributed by atoms with Crippen molar-refractivity contribution in [3.63, 3.8) is 0 Å². The molecule has 0 fully saturated rings. The third-order valence-corrected chi connectivity index (χ3v) is 5.67. The van der Waals surface area contributed by atoms with Crippen molar-refractivity contribution >= 4 is 32.7 Å². The Labute approximate surface area is 156 Å². The molecule has 0 bridgehead atoms. The van der Waals surface area contributed by atoms with E-state index in [4.69, 9.17) is 4.74 Å². The lowest BCUT2D eigenvalue weighted by Crippen LogP contribution is -2.23. The minimum atomic E-state index is -3.74. The molecule has 1 amide bonds. The minimum absolute atomic E-state index is 0.0147. The third-order valence-electron chi connectivity index (χ3n) is 3.84. The Morgan fingerprint density at radius 2 is 1.89 bits per heavy atom. The topological polar surface area (TPSA) is 117 Å². The number of H-pyrrole nitrogens is 1. The van der Waals surface area contributed by atoms with Crippen LogP contribution in [-0.4, -0.2) is 54.7 Å². The number of aromatic amines is 1. The van der Waals surface area contributed by atoms with E-state index in [0.29, 0.717) is 28.9 Å². The SMILES string of the molecule is CCOc1ccc(NC(=O)c2ccc3n[nH]nc3c2)cc1S(=O)(=O)N(C)C. The van der Waals surface area contributed by atoms with Gasteiger partial charge in [-0.05, 0) is 43.3 Å². The van der Waals surface area contributed by atoms with Gasteiger partial charge in [0.2, 0.25) is 10.0 Å². The smallest absolute Gasteiger partial charge is 0.255 e. The van der Waals surface area contributed by atoms with Gasteiger partial charge >= 0.3 is 0 Å². The van der Waals surface area contributed by atoms with Crippen molar-refractivity contribution in [2.75, 3.05) is 26.0 Å². The second kappa shape index (κ2) is 7.33. The molecule has 3 aromatic rings. The number of rotatable bonds is 6. The molecule has 27 heavy (non-hydrogen) atoms. The zero-order valence-electron chi connectivity index (χ0n) is 15.1. The van der Waals surface area contributed by atoms with Gasteiger partial charge < -0.3 is 10.1 Å². The van der Waals surface area contributed by atoms with Gasteiger partial charge in [-0.25, -0.2) is 12.7 Å². The van der Waals surface area contributed by atoms with Crippen LogP contribution < -0.4 is 10.1 Å². The highest BCUT2D eigenvalue weighted by molar-refractivity contribution is 7.89. The Balaban J connectivity index is 1.93. The van der Waals surface area contributed by atoms with E-state index in [1.165, 1.54) is 26.2 Å². The lowest BCUT2D eigenvalue weighted by Gasteiger charge is -2.16. The predicted octanol–water partition coefficient (Wildman–Crippen LogP) is 1.86. The van der Waals surface area contributed by atoms with Crippen LogP contribution >= 0.6 is 0 Å². The average Bonchev–Trinajstić information content (AvgIpc) is 3.10. The first kappa shape index (κ1) is 18.8. The normalized spacial score (nSPS) is 11.7. The van der Waals surface area contributed by atoms with E-state index in [1.54, 1.807) is 31.2 Å². The van der Waals surface area contributed by atoms with Gasteiger partial charge in [0, 0.05) is 25.3 Å². The Morgan fingerprint density at radius 1 is 1.15 bits per heavy atom. The molecular formula is C17H19N5O4S. The van der Waals surface area contributed by atoms with Gasteiger partial charge in [-0.15, -0.1) is 0 Å². The molecule has 0 atom stereocenters. The maximum Gasteiger partial charge on any atom is 0.255 e. The van der Waals surface area contributed by atoms with Crippen molar-refractivity contribution in [2.24, 2.45) is 0 Å². The number of hydrogen-bond acceptors (Lipinski definition) is 6. The molecule has 3 rings (SSSR count). The van der Waals surface area contributed by atoms with E-state index in [2.05, 4.69) is 20.7 Å². The first-order chi connectivity index (χ1) is 12.8. The van der Waals surface area contributed by atoms with Gasteiger partial charge in [-0.1, -0.05) is 0 Å². The van der Waals surface area contributed by atoms with Gasteiger partial charge in [0.25, 0.3) is 5.91 Å². The van der Waals surface area contributed by atoms with Crippen molar-refractivity contribution in [1.29, 1.82) is 0 Å². The summed E-state index contributed by atoms with van der Waals surface area (Å²) >= 11 is 0. The highest BCUT2D eigenvalue weighted by atomic mass is 32.2. The van der Waals surface area contributed by atoms with E-state index in [0.717, 1.165) is 4.31 Å². The van der Waals surface area contributed by atoms with Crippen molar-refractivity contribution in [1.82, 2.24) is 19.7 Å². The fourth-order valence-electron chi connectivity index (χ4n) is 2.44. The van der Waals surface area contributed by atoms with Crippen molar-refractivity contribution in [2.45, 2.75) is 11.8 Å². The number of carbonyl (C=O) groups is 1. The molecule has 142 valence electrons. The Hall–Kier alpha value is -2.98. The van der Waals surface area contributed by atoms with Crippen LogP contribution in [0.4, 0.5) is 5.69 Å². The van der Waals surface area contributed by atoms with Crippen LogP contribution in [0, 0.1) is 0 Å². The molecule has 0 aliphatic heterocycles. The molecule has 9 nitrogen and oxygen atoms in total. The van der Waals surface area contributed by atoms with Crippen LogP contribution in [0.3, 0.4) is 0 Å². The summed E-state index contributed by atoms with van der Waals surface area (Å²) in [6.45, 7) is 2.08. The zero-order valence-corrected chi connectivity index (χ0v) is 15.9. The second-order valence-corrected chi connectivity index (χ2v) is 7.98. The van der Waals surface area contributed by atoms with Gasteiger partial charge in [0.1, 0.15) is 21.7 Å². The van der Waals surface area contributed by atoms with Crippen LogP contribution in [0.1, 0.15) is 17.3 Å². The largest absolute Gasteiger partial charge is 0.492 e. The molecular weight excluding hydrogens is 370 g/mol. The molecule has 0 spiro atoms. The number of aromatic nitrogens is 3. The lowest BCUT2D eigenvalue weighted by atomic mass is 10.2. The van der Waals surface area contributed by atoms with E-state index >= 15 is 0 Å². The Kier molecular flexibility index (Phi) is 5.10. The Bertz CT molecular complexity index is 1090. The summed E-state index contributed by atoms with van der Waals surface area (Å²) in [5.74, 6) is -0.162. The molecule has 0 saturated carbocycles. The summed E-state index contributed by atoms with van der Waals surface area (Å²) in [5.41, 5.74) is 1.92. The zero-order chi connectivity index (χ0) is 19.6. The van der Waals surface area contributed by atoms with Crippen LogP contribution in [-0.2, 0) is 10.0 Å². The fraction of sp³-hybridized carbons (Fsp3) is 0.235. The number of sulfonamides is 1. The highest BCUT2D eigenvalue weighted by Gasteiger charge is 2.23. The van der Waals surface area contributed by atoms with Gasteiger partial charge in [0.15, 0.2) is 0 Å². The molecule has 0 radical (unpaired) electrons. The third kappa shape index (κ3) is 3.76. The van der Waals surface area contributed by atoms with Gasteiger partial charge in [0.05, 0.1) is 6.61 Å². The van der Waals surface area contributed by atoms with Gasteiger partial charge in [-0.3, -0.25) is 4.79 Å². The maximum absolute atomic E-state index is 12.6. The summed E-state index contributed by atoms with van der Waals surface area (Å²) in [6.07, 6.45) is 0. The van der Waals surface area contributed by atoms with Crippen molar-refractivity contribution in [3.05, 3.63) is 42.0 Å². The molecule has 1 aromatic heterocycles. The van der Waals surface area contributed by atoms with Gasteiger partial charge in [-0.2, -0.15) is 15.4 Å². The molecule has 0 saturated heterocycles. The minimum Gasteiger partial charge on any atom is -0.492 e. The van der Waals surface area contributed by atoms with Crippen LogP contribution in [0.25, 0.3) is 11.0 Å². The molecule has 2 aromatic carbocycles. The van der Waals surface area contributed by atoms with E-state index in [-0.39, 0.29) is 10.6 Å². The van der Waals surface area contributed by atoms with Crippen molar-refractivity contribution in [3.8, 4) is 5.75 Å². The van der Waals surface area contributed by atoms with Crippen LogP contribution in [0.2, 0.25) is 0 Å². The summed E-state index contributed by atoms with van der Waals surface area (Å²) in [4.78, 5) is 12.5. The molecule has 0 aliphatic rings. The highest BCUT2D eigenvalue weighted by Crippen LogP contribution is 2.29. The standard InChI is InChI=1S/C17H19N5O4S/c1-4-26-15-8-6-12(10-16(15)27(24,25)22(2)3)18-17(23)11-5-7-13-14(9-11)20-21-19-13/h5-10H,4H2,1-3H3,(H,18,23)(H,19,20,21). The molecule has 0 aliphatic carbocycles. The number of nitrogens with one attached hydrogen (secondary N) is 2. The summed E-state index contributed by atoms with van der Waals surface area (Å²) in [5, 5.41) is 13.1. The van der Waals surface area contributed by atoms with Crippen LogP contribution in [0.15, 0.2) is 41.3 Å². The number of benzene rings is 2. The van der Waals surface area contributed by atoms with E-state index < -0.39 is 15.9 Å². The molecule has 1 heterocycles. The molecule has 2 N–H and O–H groups in total. The second-order valence-electron chi connectivity index (χ2n) is 5.86. The average molecular weight is 389 g/mol. The Morgan fingerprint density at radius 3 is 2.59 bits per heavy atom. The number of amides is 1. The van der Waals surface area contributed by atoms with E-state index in [9.17, 15) is 13.2 Å². The number of nitrogens with zero attached hydrogens (tertiary/aromatic N) is 3. The molecule has 0 unspecified atom stereocenters. The molecule has 10 heteroatoms. The predicted molar refractivity (Wildman–Crippen MR) is 100 cm³/mol. The lowest BCUT2D eigenvalue weighted by molar-refractivity contribution is 0.102. The number of hydrogen-bond donors (Lipinski definition) is 2. The number of fused-ring (bicyclic) bond motifs is 1. The first-order valence-electron chi connectivity index (χ1n) is 8.14. The monoisotopic (exact) mass is 389 g/mol. The first-order valence-corrected chi connectivity index (χ1v) is 9.58. The number of ether oxygens (including phenoxy) is 1. The quantitative estimate of drug-likeness (QED) is 0.664. The maximum atomic E-state index is 12.6. The number of anilines is 1. The fourth-order valence-corrected chi connectivity index (χ4v) is 3.49. The number of carbonyl (C=O) groups excluding carboxylic acids is 1. The summed E-state index contributed by atoms with van der Waals surface area (Å²) in [7, 11) is -0.871. The summed E-state index contributed by atoms with van der Waals surface area (Å²) in [6, 6.07) is 9.38. The van der Waals surface area contributed by atoms with Crippen LogP contribution in [0.5, 0.6) is 5.75 Å². The van der Waals surface area contributed by atoms with E-state index in [1.807, 2.05) is 0 Å². The van der Waals surface area contributed by atoms with Crippen molar-refractivity contribution < 1.29 is 17.9 Å².